The van der Waals surface area contributed by atoms with Crippen LogP contribution in [-0.2, 0) is 49.0 Å². The van der Waals surface area contributed by atoms with Crippen LogP contribution in [0.4, 0.5) is 0 Å². The highest BCUT2D eigenvalue weighted by atomic mass is 33.3. The predicted molar refractivity (Wildman–Crippen MR) is 157 cm³/mol. The van der Waals surface area contributed by atoms with Gasteiger partial charge < -0.3 is 22.4 Å². The number of hydrogen-bond donors (Lipinski definition) is 0. The second kappa shape index (κ2) is 9.21. The molecule has 0 aromatic heterocycles. The Balaban J connectivity index is 2.33. The smallest absolute Gasteiger partial charge is 0.393 e. The summed E-state index contributed by atoms with van der Waals surface area (Å²) in [7, 11) is 18.4. The van der Waals surface area contributed by atoms with Crippen molar-refractivity contribution in [2.75, 3.05) is 63.6 Å². The van der Waals surface area contributed by atoms with Gasteiger partial charge in [-0.2, -0.15) is 0 Å². The average Bonchev–Trinajstić information content (AvgIpc) is 2.49. The van der Waals surface area contributed by atoms with Crippen LogP contribution in [0.5, 0.6) is 0 Å². The van der Waals surface area contributed by atoms with Gasteiger partial charge in [0.15, 0.2) is 0 Å². The van der Waals surface area contributed by atoms with Crippen LogP contribution in [0.2, 0.25) is 0 Å². The molecular weight excluding hydrogens is 587 g/mol. The molecule has 0 aromatic carbocycles. The predicted octanol–water partition coefficient (Wildman–Crippen LogP) is 6.31. The maximum Gasteiger partial charge on any atom is 0.393 e. The van der Waals surface area contributed by atoms with Gasteiger partial charge in [-0.1, -0.05) is 35.4 Å². The minimum absolute atomic E-state index is 0.783. The minimum Gasteiger partial charge on any atom is -0.494 e. The van der Waals surface area contributed by atoms with Crippen LogP contribution in [0.25, 0.3) is 0 Å². The summed E-state index contributed by atoms with van der Waals surface area (Å²) in [6.45, 7) is 0. The molecule has 2 heterocycles. The first-order valence-corrected chi connectivity index (χ1v) is 25.1. The van der Waals surface area contributed by atoms with E-state index >= 15 is 0 Å². The van der Waals surface area contributed by atoms with E-state index in [2.05, 4.69) is 42.3 Å². The van der Waals surface area contributed by atoms with Gasteiger partial charge in [0.1, 0.15) is 14.0 Å². The van der Waals surface area contributed by atoms with Gasteiger partial charge >= 0.3 is 8.23 Å². The van der Waals surface area contributed by atoms with Crippen LogP contribution in [0, 0.1) is 0 Å². The molecule has 0 N–H and O–H groups in total. The van der Waals surface area contributed by atoms with Gasteiger partial charge in [-0.15, -0.1) is 0 Å². The molecule has 2 rings (SSSR count). The zero-order chi connectivity index (χ0) is 21.9. The number of hydrogen-bond acceptors (Lipinski definition) is 12. The van der Waals surface area contributed by atoms with Crippen molar-refractivity contribution in [1.82, 2.24) is 0 Å². The van der Waals surface area contributed by atoms with Gasteiger partial charge in [0.2, 0.25) is 0 Å². The Morgan fingerprint density at radius 3 is 1.21 bits per heavy atom. The van der Waals surface area contributed by atoms with E-state index in [1.54, 1.807) is 21.3 Å². The molecule has 2 fully saturated rings. The van der Waals surface area contributed by atoms with Crippen LogP contribution in [0.3, 0.4) is 0 Å². The van der Waals surface area contributed by atoms with Crippen LogP contribution in [0.15, 0.2) is 0 Å². The van der Waals surface area contributed by atoms with Crippen molar-refractivity contribution in [1.29, 1.82) is 0 Å². The number of quaternary nitrogens is 2. The molecule has 2 aliphatic heterocycles. The van der Waals surface area contributed by atoms with Gasteiger partial charge in [-0.25, -0.2) is 67.4 Å². The lowest BCUT2D eigenvalue weighted by Crippen LogP contribution is -2.58. The standard InChI is InChI=1S/C9H27B2N2O3P3S9/c1-12(2,3)10(23-17(20,14-7)24-10)27-19(22,16-9)28-11(13(4,5)6)25-18(21,15-8)26-11/h1-9H3. The van der Waals surface area contributed by atoms with E-state index < -0.39 is 22.2 Å². The Hall–Kier alpha value is 3.98. The SMILES string of the molecule is COP1(=S)S[B-](SP(=S)(OC)S[B-]2([N+](C)(C)C)SP(=S)(OC)S2)([N+](C)(C)C)S1. The molecule has 28 heavy (non-hydrogen) atoms. The largest absolute Gasteiger partial charge is 0.494 e. The molecule has 0 radical (unpaired) electrons. The van der Waals surface area contributed by atoms with Gasteiger partial charge in [-0.05, 0) is 0 Å². The summed E-state index contributed by atoms with van der Waals surface area (Å²) < 4.78 is 10.9. The van der Waals surface area contributed by atoms with E-state index in [9.17, 15) is 0 Å². The molecule has 0 bridgehead atoms. The second-order valence-corrected chi connectivity index (χ2v) is 42.8. The lowest BCUT2D eigenvalue weighted by Gasteiger charge is -2.64. The fraction of sp³-hybridized carbons (Fsp3) is 1.00. The second-order valence-electron chi connectivity index (χ2n) is 7.96. The van der Waals surface area contributed by atoms with E-state index in [1.165, 1.54) is 0 Å². The maximum absolute atomic E-state index is 6.21. The fourth-order valence-corrected chi connectivity index (χ4v) is 60.6. The summed E-state index contributed by atoms with van der Waals surface area (Å²) in [5.41, 5.74) is 0. The molecule has 0 atom stereocenters. The lowest BCUT2D eigenvalue weighted by atomic mass is 10.2. The first-order chi connectivity index (χ1) is 12.4. The van der Waals surface area contributed by atoms with Crippen molar-refractivity contribution in [3.63, 3.8) is 0 Å². The monoisotopic (exact) mass is 614 g/mol. The van der Waals surface area contributed by atoms with Gasteiger partial charge in [-0.3, -0.25) is 0 Å². The normalized spacial score (nSPS) is 41.0. The van der Waals surface area contributed by atoms with Gasteiger partial charge in [0, 0.05) is 63.6 Å². The van der Waals surface area contributed by atoms with Crippen molar-refractivity contribution in [2.24, 2.45) is 0 Å². The molecule has 0 amide bonds. The van der Waals surface area contributed by atoms with E-state index in [1.807, 2.05) is 67.4 Å². The Morgan fingerprint density at radius 1 is 0.750 bits per heavy atom. The van der Waals surface area contributed by atoms with Crippen molar-refractivity contribution < 1.29 is 22.4 Å². The van der Waals surface area contributed by atoms with Crippen molar-refractivity contribution in [3.05, 3.63) is 0 Å². The highest BCUT2D eigenvalue weighted by Gasteiger charge is 2.62. The molecule has 0 aliphatic carbocycles. The summed E-state index contributed by atoms with van der Waals surface area (Å²) in [6, 6.07) is 0. The lowest BCUT2D eigenvalue weighted by molar-refractivity contribution is -0.757. The van der Waals surface area contributed by atoms with E-state index in [0.29, 0.717) is 0 Å². The van der Waals surface area contributed by atoms with Gasteiger partial charge in [0.25, 0.3) is 0 Å². The highest BCUT2D eigenvalue weighted by molar-refractivity contribution is 9.40. The van der Waals surface area contributed by atoms with Crippen molar-refractivity contribution in [3.8, 4) is 0 Å². The molecular formula is C9H27B2N2O3P3S9. The maximum atomic E-state index is 6.21. The Kier molecular flexibility index (Phi) is 9.28. The summed E-state index contributed by atoms with van der Waals surface area (Å²) in [5.74, 6) is 0. The Labute approximate surface area is 209 Å². The molecule has 5 nitrogen and oxygen atoms in total. The number of nitrogens with zero attached hydrogens (tertiary/aromatic N) is 2. The Morgan fingerprint density at radius 2 is 1.04 bits per heavy atom. The molecule has 0 aromatic rings. The molecule has 2 aliphatic rings. The molecule has 166 valence electrons. The van der Waals surface area contributed by atoms with Crippen LogP contribution >= 0.6 is 81.4 Å². The van der Waals surface area contributed by atoms with Crippen LogP contribution in [-0.4, -0.2) is 80.6 Å². The summed E-state index contributed by atoms with van der Waals surface area (Å²) in [5, 5.41) is 0. The third-order valence-electron chi connectivity index (χ3n) is 4.14. The van der Waals surface area contributed by atoms with Crippen LogP contribution in [0.1, 0.15) is 0 Å². The molecule has 0 unspecified atom stereocenters. The molecule has 2 saturated heterocycles. The number of rotatable bonds is 9. The fourth-order valence-electron chi connectivity index (χ4n) is 2.20. The third kappa shape index (κ3) is 5.61. The zero-order valence-corrected chi connectivity index (χ0v) is 27.3. The molecule has 0 spiro atoms. The third-order valence-corrected chi connectivity index (χ3v) is 44.5. The average molecular weight is 614 g/mol. The summed E-state index contributed by atoms with van der Waals surface area (Å²) >= 11 is 28.6. The summed E-state index contributed by atoms with van der Waals surface area (Å²) in [6.07, 6.45) is 0. The van der Waals surface area contributed by atoms with Crippen LogP contribution < -0.4 is 0 Å². The van der Waals surface area contributed by atoms with Crippen molar-refractivity contribution >= 4 is 125 Å². The quantitative estimate of drug-likeness (QED) is 0.215. The highest BCUT2D eigenvalue weighted by Crippen LogP contribution is 2.97. The molecule has 0 saturated carbocycles. The van der Waals surface area contributed by atoms with E-state index in [-0.39, 0.29) is 0 Å². The minimum atomic E-state index is -2.26. The van der Waals surface area contributed by atoms with Gasteiger partial charge in [0.05, 0.1) is 0 Å². The first-order valence-electron chi connectivity index (χ1n) is 8.03. The Bertz CT molecular complexity index is 698. The van der Waals surface area contributed by atoms with Crippen molar-refractivity contribution in [2.45, 2.75) is 0 Å². The first kappa shape index (κ1) is 28.2. The zero-order valence-electron chi connectivity index (χ0n) is 17.3. The summed E-state index contributed by atoms with van der Waals surface area (Å²) in [4.78, 5) is 0. The molecule has 19 heteroatoms. The topological polar surface area (TPSA) is 27.7 Å². The van der Waals surface area contributed by atoms with E-state index in [0.717, 1.165) is 8.79 Å². The van der Waals surface area contributed by atoms with E-state index in [4.69, 9.17) is 49.0 Å².